The lowest BCUT2D eigenvalue weighted by Crippen LogP contribution is -2.60. The molecule has 0 radical (unpaired) electrons. The van der Waals surface area contributed by atoms with E-state index in [1.165, 1.54) is 6.42 Å². The molecule has 0 saturated heterocycles. The summed E-state index contributed by atoms with van der Waals surface area (Å²) in [5, 5.41) is 3.50. The number of hydrogen-bond acceptors (Lipinski definition) is 1. The summed E-state index contributed by atoms with van der Waals surface area (Å²) in [6.07, 6.45) is 1.27. The zero-order valence-electron chi connectivity index (χ0n) is 9.75. The summed E-state index contributed by atoms with van der Waals surface area (Å²) in [5.74, 6) is 1.62. The SMILES string of the molecule is CNC1C2Cc3ccccc3C2C1(C)C. The Labute approximate surface area is 91.9 Å². The van der Waals surface area contributed by atoms with Crippen molar-refractivity contribution in [3.05, 3.63) is 35.4 Å². The van der Waals surface area contributed by atoms with E-state index < -0.39 is 0 Å². The van der Waals surface area contributed by atoms with Gasteiger partial charge in [-0.2, -0.15) is 0 Å². The van der Waals surface area contributed by atoms with Gasteiger partial charge in [0.05, 0.1) is 0 Å². The highest BCUT2D eigenvalue weighted by atomic mass is 15.0. The smallest absolute Gasteiger partial charge is 0.0159 e. The standard InChI is InChI=1S/C14H19N/c1-14(2)12-10-7-5-4-6-9(10)8-11(12)13(14)15-3/h4-7,11-13,15H,8H2,1-3H3. The molecule has 80 valence electrons. The van der Waals surface area contributed by atoms with Gasteiger partial charge < -0.3 is 5.32 Å². The summed E-state index contributed by atoms with van der Waals surface area (Å²) >= 11 is 0. The van der Waals surface area contributed by atoms with E-state index in [-0.39, 0.29) is 0 Å². The summed E-state index contributed by atoms with van der Waals surface area (Å²) in [5.41, 5.74) is 3.61. The minimum Gasteiger partial charge on any atom is -0.316 e. The Morgan fingerprint density at radius 3 is 2.73 bits per heavy atom. The Morgan fingerprint density at radius 2 is 2.00 bits per heavy atom. The minimum absolute atomic E-state index is 0.423. The fourth-order valence-electron chi connectivity index (χ4n) is 4.10. The summed E-state index contributed by atoms with van der Waals surface area (Å²) < 4.78 is 0. The van der Waals surface area contributed by atoms with E-state index in [1.807, 2.05) is 0 Å². The molecular weight excluding hydrogens is 182 g/mol. The van der Waals surface area contributed by atoms with Crippen molar-refractivity contribution in [3.63, 3.8) is 0 Å². The monoisotopic (exact) mass is 201 g/mol. The molecule has 1 aromatic rings. The second kappa shape index (κ2) is 2.85. The summed E-state index contributed by atoms with van der Waals surface area (Å²) in [7, 11) is 2.10. The molecule has 1 saturated carbocycles. The summed E-state index contributed by atoms with van der Waals surface area (Å²) in [4.78, 5) is 0. The van der Waals surface area contributed by atoms with Gasteiger partial charge in [-0.3, -0.25) is 0 Å². The van der Waals surface area contributed by atoms with Crippen LogP contribution in [0.5, 0.6) is 0 Å². The van der Waals surface area contributed by atoms with Crippen LogP contribution in [0.4, 0.5) is 0 Å². The van der Waals surface area contributed by atoms with Gasteiger partial charge in [0.1, 0.15) is 0 Å². The van der Waals surface area contributed by atoms with Crippen molar-refractivity contribution in [2.75, 3.05) is 7.05 Å². The first-order chi connectivity index (χ1) is 7.16. The number of rotatable bonds is 1. The van der Waals surface area contributed by atoms with Crippen molar-refractivity contribution in [2.45, 2.75) is 32.2 Å². The zero-order chi connectivity index (χ0) is 10.6. The van der Waals surface area contributed by atoms with Crippen LogP contribution in [0.25, 0.3) is 0 Å². The largest absolute Gasteiger partial charge is 0.316 e. The van der Waals surface area contributed by atoms with Crippen LogP contribution >= 0.6 is 0 Å². The molecule has 0 aromatic heterocycles. The third-order valence-corrected chi connectivity index (χ3v) is 4.62. The topological polar surface area (TPSA) is 12.0 Å². The van der Waals surface area contributed by atoms with E-state index in [0.29, 0.717) is 11.5 Å². The van der Waals surface area contributed by atoms with Gasteiger partial charge in [-0.15, -0.1) is 0 Å². The molecule has 1 N–H and O–H groups in total. The van der Waals surface area contributed by atoms with E-state index in [2.05, 4.69) is 50.5 Å². The maximum Gasteiger partial charge on any atom is 0.0159 e. The fraction of sp³-hybridized carbons (Fsp3) is 0.571. The average molecular weight is 201 g/mol. The van der Waals surface area contributed by atoms with Gasteiger partial charge in [0.2, 0.25) is 0 Å². The summed E-state index contributed by atoms with van der Waals surface area (Å²) in [6, 6.07) is 9.67. The van der Waals surface area contributed by atoms with E-state index in [4.69, 9.17) is 0 Å². The molecule has 1 heteroatoms. The predicted molar refractivity (Wildman–Crippen MR) is 63.0 cm³/mol. The maximum absolute atomic E-state index is 3.50. The highest BCUT2D eigenvalue weighted by Gasteiger charge is 2.58. The Balaban J connectivity index is 2.03. The van der Waals surface area contributed by atoms with Crippen molar-refractivity contribution in [1.29, 1.82) is 0 Å². The van der Waals surface area contributed by atoms with Gasteiger partial charge in [0.15, 0.2) is 0 Å². The van der Waals surface area contributed by atoms with E-state index in [9.17, 15) is 0 Å². The van der Waals surface area contributed by atoms with Crippen molar-refractivity contribution < 1.29 is 0 Å². The van der Waals surface area contributed by atoms with Crippen LogP contribution in [0.1, 0.15) is 30.9 Å². The Bertz CT molecular complexity index is 394. The number of benzene rings is 1. The minimum atomic E-state index is 0.423. The Morgan fingerprint density at radius 1 is 1.27 bits per heavy atom. The van der Waals surface area contributed by atoms with Gasteiger partial charge in [0.25, 0.3) is 0 Å². The molecule has 2 aliphatic rings. The van der Waals surface area contributed by atoms with E-state index >= 15 is 0 Å². The van der Waals surface area contributed by atoms with Crippen LogP contribution in [0, 0.1) is 11.3 Å². The van der Waals surface area contributed by atoms with Gasteiger partial charge >= 0.3 is 0 Å². The molecule has 2 aliphatic carbocycles. The van der Waals surface area contributed by atoms with Gasteiger partial charge in [-0.25, -0.2) is 0 Å². The predicted octanol–water partition coefficient (Wildman–Crippen LogP) is 2.57. The fourth-order valence-corrected chi connectivity index (χ4v) is 4.10. The molecule has 15 heavy (non-hydrogen) atoms. The lowest BCUT2D eigenvalue weighted by Gasteiger charge is -2.56. The molecule has 0 aliphatic heterocycles. The van der Waals surface area contributed by atoms with Gasteiger partial charge in [-0.1, -0.05) is 38.1 Å². The number of fused-ring (bicyclic) bond motifs is 3. The Kier molecular flexibility index (Phi) is 1.79. The van der Waals surface area contributed by atoms with Crippen LogP contribution < -0.4 is 5.32 Å². The third-order valence-electron chi connectivity index (χ3n) is 4.62. The average Bonchev–Trinajstić information content (AvgIpc) is 2.54. The molecule has 3 unspecified atom stereocenters. The summed E-state index contributed by atoms with van der Waals surface area (Å²) in [6.45, 7) is 4.80. The lowest BCUT2D eigenvalue weighted by atomic mass is 9.52. The highest BCUT2D eigenvalue weighted by Crippen LogP contribution is 2.61. The second-order valence-electron chi connectivity index (χ2n) is 5.63. The molecule has 0 heterocycles. The molecule has 0 spiro atoms. The van der Waals surface area contributed by atoms with Gasteiger partial charge in [0, 0.05) is 6.04 Å². The lowest BCUT2D eigenvalue weighted by molar-refractivity contribution is 0.00663. The zero-order valence-corrected chi connectivity index (χ0v) is 9.75. The number of hydrogen-bond donors (Lipinski definition) is 1. The maximum atomic E-state index is 3.50. The van der Waals surface area contributed by atoms with E-state index in [1.54, 1.807) is 11.1 Å². The molecule has 1 nitrogen and oxygen atoms in total. The van der Waals surface area contributed by atoms with Crippen molar-refractivity contribution >= 4 is 0 Å². The van der Waals surface area contributed by atoms with Crippen LogP contribution in [-0.4, -0.2) is 13.1 Å². The van der Waals surface area contributed by atoms with Crippen LogP contribution in [-0.2, 0) is 6.42 Å². The highest BCUT2D eigenvalue weighted by molar-refractivity contribution is 5.42. The van der Waals surface area contributed by atoms with Crippen molar-refractivity contribution in [1.82, 2.24) is 5.32 Å². The third kappa shape index (κ3) is 1.02. The first-order valence-corrected chi connectivity index (χ1v) is 5.91. The van der Waals surface area contributed by atoms with Crippen LogP contribution in [0.3, 0.4) is 0 Å². The Hall–Kier alpha value is -0.820. The molecule has 0 amide bonds. The van der Waals surface area contributed by atoms with Crippen LogP contribution in [0.15, 0.2) is 24.3 Å². The molecule has 3 atom stereocenters. The molecule has 1 aromatic carbocycles. The molecule has 1 fully saturated rings. The van der Waals surface area contributed by atoms with Crippen LogP contribution in [0.2, 0.25) is 0 Å². The van der Waals surface area contributed by atoms with Crippen molar-refractivity contribution in [2.24, 2.45) is 11.3 Å². The first-order valence-electron chi connectivity index (χ1n) is 5.91. The number of nitrogens with one attached hydrogen (secondary N) is 1. The van der Waals surface area contributed by atoms with E-state index in [0.717, 1.165) is 11.8 Å². The molecule has 0 bridgehead atoms. The quantitative estimate of drug-likeness (QED) is 0.736. The second-order valence-corrected chi connectivity index (χ2v) is 5.63. The normalized spacial score (nSPS) is 35.5. The first kappa shape index (κ1) is 9.41. The molecule has 3 rings (SSSR count). The van der Waals surface area contributed by atoms with Gasteiger partial charge in [-0.05, 0) is 41.8 Å². The van der Waals surface area contributed by atoms with Crippen molar-refractivity contribution in [3.8, 4) is 0 Å². The molecular formula is C14H19N.